The Morgan fingerprint density at radius 3 is 2.24 bits per heavy atom. The predicted molar refractivity (Wildman–Crippen MR) is 136 cm³/mol. The van der Waals surface area contributed by atoms with Gasteiger partial charge in [-0.1, -0.05) is 38.6 Å². The Balaban J connectivity index is 1.93. The van der Waals surface area contributed by atoms with E-state index in [1.165, 1.54) is 0 Å². The minimum Gasteiger partial charge on any atom is -0.488 e. The van der Waals surface area contributed by atoms with Crippen LogP contribution >= 0.6 is 0 Å². The van der Waals surface area contributed by atoms with E-state index in [4.69, 9.17) is 13.9 Å². The van der Waals surface area contributed by atoms with Gasteiger partial charge in [-0.25, -0.2) is 9.59 Å². The lowest BCUT2D eigenvalue weighted by Gasteiger charge is -2.34. The summed E-state index contributed by atoms with van der Waals surface area (Å²) in [7, 11) is 0. The second-order valence-electron chi connectivity index (χ2n) is 9.73. The van der Waals surface area contributed by atoms with E-state index in [-0.39, 0.29) is 5.63 Å². The van der Waals surface area contributed by atoms with Crippen molar-refractivity contribution < 1.29 is 18.7 Å². The molecule has 0 bridgehead atoms. The van der Waals surface area contributed by atoms with Crippen LogP contribution in [0.3, 0.4) is 0 Å². The summed E-state index contributed by atoms with van der Waals surface area (Å²) >= 11 is 0. The van der Waals surface area contributed by atoms with Crippen molar-refractivity contribution in [2.45, 2.75) is 72.0 Å². The fourth-order valence-electron chi connectivity index (χ4n) is 4.65. The summed E-state index contributed by atoms with van der Waals surface area (Å²) in [6.07, 6.45) is 3.27. The van der Waals surface area contributed by atoms with Crippen LogP contribution in [0.4, 0.5) is 0 Å². The summed E-state index contributed by atoms with van der Waals surface area (Å²) in [5.41, 5.74) is 2.54. The Labute approximate surface area is 201 Å². The van der Waals surface area contributed by atoms with Crippen LogP contribution in [0.5, 0.6) is 5.75 Å². The standard InChI is InChI=1S/C29H34O5/c1-8-19-12-11-13-20(9-2)26(19)23-16-21-14-15-22(17-24(21)32-27(23)31)33-28(4,5)18-29(6,7)34-25(30)10-3/h10-17H,3,8-9,18H2,1-2,4-7H3. The smallest absolute Gasteiger partial charge is 0.344 e. The van der Waals surface area contributed by atoms with E-state index in [1.807, 2.05) is 52.0 Å². The maximum Gasteiger partial charge on any atom is 0.344 e. The summed E-state index contributed by atoms with van der Waals surface area (Å²) in [6, 6.07) is 13.6. The third kappa shape index (κ3) is 5.77. The normalized spacial score (nSPS) is 11.9. The molecule has 5 heteroatoms. The van der Waals surface area contributed by atoms with Crippen LogP contribution in [-0.2, 0) is 22.4 Å². The van der Waals surface area contributed by atoms with Crippen molar-refractivity contribution in [2.24, 2.45) is 0 Å². The van der Waals surface area contributed by atoms with Gasteiger partial charge in [0.25, 0.3) is 0 Å². The molecule has 0 fully saturated rings. The number of ether oxygens (including phenoxy) is 2. The van der Waals surface area contributed by atoms with Crippen LogP contribution in [-0.4, -0.2) is 17.2 Å². The fourth-order valence-corrected chi connectivity index (χ4v) is 4.65. The molecule has 0 aliphatic carbocycles. The van der Waals surface area contributed by atoms with Gasteiger partial charge in [0.05, 0.1) is 5.56 Å². The molecule has 3 aromatic rings. The van der Waals surface area contributed by atoms with E-state index >= 15 is 0 Å². The average molecular weight is 463 g/mol. The molecule has 0 unspecified atom stereocenters. The minimum atomic E-state index is -0.739. The quantitative estimate of drug-likeness (QED) is 0.203. The number of hydrogen-bond acceptors (Lipinski definition) is 5. The van der Waals surface area contributed by atoms with Crippen molar-refractivity contribution in [1.29, 1.82) is 0 Å². The number of rotatable bonds is 9. The van der Waals surface area contributed by atoms with Crippen molar-refractivity contribution in [3.63, 3.8) is 0 Å². The summed E-state index contributed by atoms with van der Waals surface area (Å²) in [4.78, 5) is 24.7. The number of fused-ring (bicyclic) bond motifs is 1. The average Bonchev–Trinajstić information content (AvgIpc) is 2.76. The van der Waals surface area contributed by atoms with Crippen LogP contribution in [0.15, 0.2) is 64.3 Å². The first-order chi connectivity index (χ1) is 16.0. The van der Waals surface area contributed by atoms with Crippen LogP contribution in [0.1, 0.15) is 59.1 Å². The molecular weight excluding hydrogens is 428 g/mol. The van der Waals surface area contributed by atoms with Crippen LogP contribution in [0, 0.1) is 0 Å². The number of benzene rings is 2. The van der Waals surface area contributed by atoms with Crippen LogP contribution in [0.25, 0.3) is 22.1 Å². The highest BCUT2D eigenvalue weighted by molar-refractivity contribution is 5.84. The van der Waals surface area contributed by atoms with E-state index in [2.05, 4.69) is 32.6 Å². The van der Waals surface area contributed by atoms with Gasteiger partial charge >= 0.3 is 11.6 Å². The van der Waals surface area contributed by atoms with Crippen molar-refractivity contribution in [3.8, 4) is 16.9 Å². The number of aryl methyl sites for hydroxylation is 2. The van der Waals surface area contributed by atoms with E-state index < -0.39 is 17.2 Å². The van der Waals surface area contributed by atoms with E-state index in [0.29, 0.717) is 23.3 Å². The Bertz CT molecular complexity index is 1240. The lowest BCUT2D eigenvalue weighted by Crippen LogP contribution is -2.40. The highest BCUT2D eigenvalue weighted by Gasteiger charge is 2.33. The van der Waals surface area contributed by atoms with Gasteiger partial charge in [-0.05, 0) is 75.4 Å². The molecule has 0 aliphatic heterocycles. The second-order valence-corrected chi connectivity index (χ2v) is 9.73. The molecule has 0 atom stereocenters. The Hall–Kier alpha value is -3.34. The maximum absolute atomic E-state index is 13.0. The van der Waals surface area contributed by atoms with Gasteiger partial charge in [0.2, 0.25) is 0 Å². The largest absolute Gasteiger partial charge is 0.488 e. The zero-order valence-electron chi connectivity index (χ0n) is 21.0. The highest BCUT2D eigenvalue weighted by atomic mass is 16.6. The van der Waals surface area contributed by atoms with Gasteiger partial charge in [-0.2, -0.15) is 0 Å². The molecule has 0 radical (unpaired) electrons. The minimum absolute atomic E-state index is 0.364. The van der Waals surface area contributed by atoms with E-state index in [9.17, 15) is 9.59 Å². The van der Waals surface area contributed by atoms with Crippen molar-refractivity contribution in [3.05, 3.63) is 76.7 Å². The van der Waals surface area contributed by atoms with Gasteiger partial charge in [-0.3, -0.25) is 0 Å². The van der Waals surface area contributed by atoms with Crippen molar-refractivity contribution in [2.75, 3.05) is 0 Å². The SMILES string of the molecule is C=CC(=O)OC(C)(C)CC(C)(C)Oc1ccc2cc(-c3c(CC)cccc3CC)c(=O)oc2c1. The Morgan fingerprint density at radius 2 is 1.65 bits per heavy atom. The number of carbonyl (C=O) groups is 1. The molecule has 0 saturated heterocycles. The first-order valence-corrected chi connectivity index (χ1v) is 11.7. The lowest BCUT2D eigenvalue weighted by atomic mass is 9.92. The molecule has 5 nitrogen and oxygen atoms in total. The van der Waals surface area contributed by atoms with Gasteiger partial charge < -0.3 is 13.9 Å². The lowest BCUT2D eigenvalue weighted by molar-refractivity contribution is -0.154. The molecule has 0 saturated carbocycles. The van der Waals surface area contributed by atoms with E-state index in [1.54, 1.807) is 6.07 Å². The van der Waals surface area contributed by atoms with Gasteiger partial charge in [0, 0.05) is 23.9 Å². The summed E-state index contributed by atoms with van der Waals surface area (Å²) in [5.74, 6) is 0.0995. The molecule has 0 spiro atoms. The molecule has 2 aromatic carbocycles. The van der Waals surface area contributed by atoms with Crippen molar-refractivity contribution in [1.82, 2.24) is 0 Å². The molecule has 0 aliphatic rings. The molecule has 1 heterocycles. The van der Waals surface area contributed by atoms with Gasteiger partial charge in [0.15, 0.2) is 0 Å². The third-order valence-electron chi connectivity index (χ3n) is 5.76. The highest BCUT2D eigenvalue weighted by Crippen LogP contribution is 2.32. The topological polar surface area (TPSA) is 65.7 Å². The maximum atomic E-state index is 13.0. The monoisotopic (exact) mass is 462 g/mol. The molecule has 3 rings (SSSR count). The molecule has 34 heavy (non-hydrogen) atoms. The van der Waals surface area contributed by atoms with Crippen LogP contribution < -0.4 is 10.4 Å². The molecule has 0 amide bonds. The number of hydrogen-bond donors (Lipinski definition) is 0. The van der Waals surface area contributed by atoms with Gasteiger partial charge in [-0.15, -0.1) is 0 Å². The number of carbonyl (C=O) groups excluding carboxylic acids is 1. The van der Waals surface area contributed by atoms with E-state index in [0.717, 1.165) is 41.0 Å². The molecule has 180 valence electrons. The zero-order valence-corrected chi connectivity index (χ0v) is 21.0. The summed E-state index contributed by atoms with van der Waals surface area (Å²) in [5, 5.41) is 0.827. The first kappa shape index (κ1) is 25.3. The molecular formula is C29H34O5. The fraction of sp³-hybridized carbons (Fsp3) is 0.379. The van der Waals surface area contributed by atoms with Crippen LogP contribution in [0.2, 0.25) is 0 Å². The summed E-state index contributed by atoms with van der Waals surface area (Å²) < 4.78 is 17.4. The molecule has 1 aromatic heterocycles. The Kier molecular flexibility index (Phi) is 7.35. The predicted octanol–water partition coefficient (Wildman–Crippen LogP) is 6.64. The first-order valence-electron chi connectivity index (χ1n) is 11.7. The Morgan fingerprint density at radius 1 is 1.00 bits per heavy atom. The number of esters is 1. The third-order valence-corrected chi connectivity index (χ3v) is 5.76. The van der Waals surface area contributed by atoms with Gasteiger partial charge in [0.1, 0.15) is 22.5 Å². The summed E-state index contributed by atoms with van der Waals surface area (Å²) in [6.45, 7) is 15.1. The molecule has 0 N–H and O–H groups in total. The zero-order chi connectivity index (χ0) is 25.1. The van der Waals surface area contributed by atoms with Crippen molar-refractivity contribution >= 4 is 16.9 Å². The second kappa shape index (κ2) is 9.88.